The Morgan fingerprint density at radius 2 is 2.13 bits per heavy atom. The van der Waals surface area contributed by atoms with Crippen molar-refractivity contribution in [2.75, 3.05) is 5.73 Å². The maximum atomic E-state index is 5.91. The standard InChI is InChI=1S/C11H16IN3/c1-2-4-8-9(12)10(13)15-11(14-8)7-5-3-6-7/h7H,2-6H2,1H3,(H2,13,14,15). The molecule has 1 aromatic heterocycles. The van der Waals surface area contributed by atoms with Gasteiger partial charge in [-0.25, -0.2) is 9.97 Å². The van der Waals surface area contributed by atoms with Crippen molar-refractivity contribution in [2.45, 2.75) is 44.9 Å². The zero-order valence-electron chi connectivity index (χ0n) is 8.96. The Bertz CT molecular complexity index is 361. The van der Waals surface area contributed by atoms with Crippen LogP contribution in [0.1, 0.15) is 50.0 Å². The number of nitrogens with two attached hydrogens (primary N) is 1. The number of rotatable bonds is 3. The van der Waals surface area contributed by atoms with Crippen LogP contribution in [0, 0.1) is 3.57 Å². The van der Waals surface area contributed by atoms with Crippen molar-refractivity contribution in [3.8, 4) is 0 Å². The molecule has 4 heteroatoms. The Kier molecular flexibility index (Phi) is 3.43. The van der Waals surface area contributed by atoms with E-state index in [1.54, 1.807) is 0 Å². The molecule has 15 heavy (non-hydrogen) atoms. The SMILES string of the molecule is CCCc1nc(C2CCC2)nc(N)c1I. The summed E-state index contributed by atoms with van der Waals surface area (Å²) in [6, 6.07) is 0. The molecule has 1 aliphatic rings. The van der Waals surface area contributed by atoms with Gasteiger partial charge in [-0.3, -0.25) is 0 Å². The van der Waals surface area contributed by atoms with Crippen LogP contribution >= 0.6 is 22.6 Å². The van der Waals surface area contributed by atoms with Gasteiger partial charge in [0.2, 0.25) is 0 Å². The molecule has 1 aliphatic carbocycles. The Hall–Kier alpha value is -0.390. The second-order valence-electron chi connectivity index (χ2n) is 4.11. The molecule has 0 aromatic carbocycles. The topological polar surface area (TPSA) is 51.8 Å². The summed E-state index contributed by atoms with van der Waals surface area (Å²) >= 11 is 2.25. The molecule has 82 valence electrons. The largest absolute Gasteiger partial charge is 0.383 e. The van der Waals surface area contributed by atoms with Gasteiger partial charge in [0.15, 0.2) is 0 Å². The number of halogens is 1. The van der Waals surface area contributed by atoms with E-state index in [2.05, 4.69) is 39.5 Å². The van der Waals surface area contributed by atoms with Gasteiger partial charge in [-0.05, 0) is 41.9 Å². The highest BCUT2D eigenvalue weighted by molar-refractivity contribution is 14.1. The minimum atomic E-state index is 0.569. The number of hydrogen-bond donors (Lipinski definition) is 1. The van der Waals surface area contributed by atoms with E-state index in [4.69, 9.17) is 5.73 Å². The lowest BCUT2D eigenvalue weighted by Crippen LogP contribution is -2.16. The predicted molar refractivity (Wildman–Crippen MR) is 69.7 cm³/mol. The van der Waals surface area contributed by atoms with Gasteiger partial charge >= 0.3 is 0 Å². The molecular formula is C11H16IN3. The fourth-order valence-electron chi connectivity index (χ4n) is 1.78. The molecule has 0 radical (unpaired) electrons. The quantitative estimate of drug-likeness (QED) is 0.872. The van der Waals surface area contributed by atoms with E-state index in [9.17, 15) is 0 Å². The van der Waals surface area contributed by atoms with Crippen LogP contribution in [0.3, 0.4) is 0 Å². The van der Waals surface area contributed by atoms with Gasteiger partial charge in [-0.2, -0.15) is 0 Å². The van der Waals surface area contributed by atoms with Crippen LogP contribution in [0.15, 0.2) is 0 Å². The first-order valence-electron chi connectivity index (χ1n) is 5.54. The van der Waals surface area contributed by atoms with Crippen molar-refractivity contribution in [2.24, 2.45) is 0 Å². The Morgan fingerprint density at radius 1 is 1.40 bits per heavy atom. The third-order valence-electron chi connectivity index (χ3n) is 2.92. The summed E-state index contributed by atoms with van der Waals surface area (Å²) < 4.78 is 1.04. The van der Waals surface area contributed by atoms with Crippen LogP contribution in [-0.2, 0) is 6.42 Å². The van der Waals surface area contributed by atoms with Crippen molar-refractivity contribution >= 4 is 28.4 Å². The lowest BCUT2D eigenvalue weighted by molar-refractivity contribution is 0.400. The predicted octanol–water partition coefficient (Wildman–Crippen LogP) is 2.88. The highest BCUT2D eigenvalue weighted by Gasteiger charge is 2.23. The molecule has 1 fully saturated rings. The smallest absolute Gasteiger partial charge is 0.140 e. The van der Waals surface area contributed by atoms with Gasteiger partial charge in [0, 0.05) is 5.92 Å². The first-order chi connectivity index (χ1) is 7.22. The molecule has 0 aliphatic heterocycles. The van der Waals surface area contributed by atoms with Gasteiger partial charge in [0.1, 0.15) is 11.6 Å². The van der Waals surface area contributed by atoms with Crippen LogP contribution in [0.4, 0.5) is 5.82 Å². The fourth-order valence-corrected chi connectivity index (χ4v) is 2.30. The van der Waals surface area contributed by atoms with Crippen LogP contribution < -0.4 is 5.73 Å². The lowest BCUT2D eigenvalue weighted by atomic mass is 9.85. The van der Waals surface area contributed by atoms with Crippen molar-refractivity contribution in [3.05, 3.63) is 15.1 Å². The summed E-state index contributed by atoms with van der Waals surface area (Å²) in [6.07, 6.45) is 5.88. The Labute approximate surface area is 104 Å². The van der Waals surface area contributed by atoms with Crippen LogP contribution in [0.5, 0.6) is 0 Å². The highest BCUT2D eigenvalue weighted by Crippen LogP contribution is 2.35. The van der Waals surface area contributed by atoms with Gasteiger partial charge in [-0.1, -0.05) is 19.8 Å². The monoisotopic (exact) mass is 317 g/mol. The number of aryl methyl sites for hydroxylation is 1. The van der Waals surface area contributed by atoms with Gasteiger partial charge < -0.3 is 5.73 Å². The minimum absolute atomic E-state index is 0.569. The van der Waals surface area contributed by atoms with E-state index in [0.29, 0.717) is 11.7 Å². The zero-order chi connectivity index (χ0) is 10.8. The molecule has 1 heterocycles. The fraction of sp³-hybridized carbons (Fsp3) is 0.636. The summed E-state index contributed by atoms with van der Waals surface area (Å²) in [5.74, 6) is 2.21. The number of nitrogens with zero attached hydrogens (tertiary/aromatic N) is 2. The maximum absolute atomic E-state index is 5.91. The Morgan fingerprint density at radius 3 is 2.67 bits per heavy atom. The molecule has 1 saturated carbocycles. The average molecular weight is 317 g/mol. The average Bonchev–Trinajstić information content (AvgIpc) is 2.11. The van der Waals surface area contributed by atoms with E-state index in [1.165, 1.54) is 19.3 Å². The summed E-state index contributed by atoms with van der Waals surface area (Å²) in [6.45, 7) is 2.16. The van der Waals surface area contributed by atoms with E-state index < -0.39 is 0 Å². The molecule has 2 N–H and O–H groups in total. The van der Waals surface area contributed by atoms with Gasteiger partial charge in [-0.15, -0.1) is 0 Å². The molecule has 0 atom stereocenters. The van der Waals surface area contributed by atoms with E-state index in [0.717, 1.165) is 27.9 Å². The number of aromatic nitrogens is 2. The molecule has 2 rings (SSSR count). The zero-order valence-corrected chi connectivity index (χ0v) is 11.1. The van der Waals surface area contributed by atoms with Gasteiger partial charge in [0.25, 0.3) is 0 Å². The number of anilines is 1. The lowest BCUT2D eigenvalue weighted by Gasteiger charge is -2.24. The second kappa shape index (κ2) is 4.63. The minimum Gasteiger partial charge on any atom is -0.383 e. The van der Waals surface area contributed by atoms with Crippen molar-refractivity contribution in [1.82, 2.24) is 9.97 Å². The molecule has 3 nitrogen and oxygen atoms in total. The Balaban J connectivity index is 2.31. The third-order valence-corrected chi connectivity index (χ3v) is 4.10. The number of hydrogen-bond acceptors (Lipinski definition) is 3. The van der Waals surface area contributed by atoms with Crippen molar-refractivity contribution in [1.29, 1.82) is 0 Å². The molecule has 0 saturated heterocycles. The first kappa shape index (κ1) is 11.1. The van der Waals surface area contributed by atoms with E-state index >= 15 is 0 Å². The van der Waals surface area contributed by atoms with Gasteiger partial charge in [0.05, 0.1) is 9.26 Å². The summed E-state index contributed by atoms with van der Waals surface area (Å²) in [5, 5.41) is 0. The van der Waals surface area contributed by atoms with E-state index in [1.807, 2.05) is 0 Å². The molecule has 0 bridgehead atoms. The molecule has 0 amide bonds. The third kappa shape index (κ3) is 2.24. The summed E-state index contributed by atoms with van der Waals surface area (Å²) in [4.78, 5) is 9.04. The summed E-state index contributed by atoms with van der Waals surface area (Å²) in [7, 11) is 0. The number of nitrogen functional groups attached to an aromatic ring is 1. The normalized spacial score (nSPS) is 16.4. The summed E-state index contributed by atoms with van der Waals surface area (Å²) in [5.41, 5.74) is 7.04. The van der Waals surface area contributed by atoms with Crippen LogP contribution in [-0.4, -0.2) is 9.97 Å². The van der Waals surface area contributed by atoms with Crippen LogP contribution in [0.25, 0.3) is 0 Å². The second-order valence-corrected chi connectivity index (χ2v) is 5.18. The molecule has 0 spiro atoms. The molecular weight excluding hydrogens is 301 g/mol. The highest BCUT2D eigenvalue weighted by atomic mass is 127. The maximum Gasteiger partial charge on any atom is 0.140 e. The van der Waals surface area contributed by atoms with E-state index in [-0.39, 0.29) is 0 Å². The van der Waals surface area contributed by atoms with Crippen LogP contribution in [0.2, 0.25) is 0 Å². The van der Waals surface area contributed by atoms with Crippen molar-refractivity contribution in [3.63, 3.8) is 0 Å². The first-order valence-corrected chi connectivity index (χ1v) is 6.62. The molecule has 1 aromatic rings. The van der Waals surface area contributed by atoms with Crippen molar-refractivity contribution < 1.29 is 0 Å². The molecule has 0 unspecified atom stereocenters.